The van der Waals surface area contributed by atoms with Gasteiger partial charge in [0.05, 0.1) is 5.69 Å². The minimum Gasteiger partial charge on any atom is -0.260 e. The molecule has 0 N–H and O–H groups in total. The topological polar surface area (TPSA) is 12.9 Å². The molecule has 0 radical (unpaired) electrons. The van der Waals surface area contributed by atoms with Crippen LogP contribution >= 0.6 is 15.9 Å². The van der Waals surface area contributed by atoms with Crippen molar-refractivity contribution in [2.45, 2.75) is 50.4 Å². The number of hydrogen-bond donors (Lipinski definition) is 0. The minimum atomic E-state index is 0.747. The average molecular weight is 266 g/mol. The van der Waals surface area contributed by atoms with E-state index >= 15 is 0 Å². The molecule has 2 aliphatic carbocycles. The smallest absolute Gasteiger partial charge is 0.0576 e. The minimum absolute atomic E-state index is 0.747. The van der Waals surface area contributed by atoms with Gasteiger partial charge in [-0.2, -0.15) is 0 Å². The lowest BCUT2D eigenvalue weighted by molar-refractivity contribution is 0.716. The van der Waals surface area contributed by atoms with E-state index < -0.39 is 0 Å². The van der Waals surface area contributed by atoms with Gasteiger partial charge < -0.3 is 0 Å². The van der Waals surface area contributed by atoms with Crippen LogP contribution in [0.3, 0.4) is 0 Å². The predicted molar refractivity (Wildman–Crippen MR) is 65.1 cm³/mol. The lowest BCUT2D eigenvalue weighted by Crippen LogP contribution is -1.96. The van der Waals surface area contributed by atoms with Crippen molar-refractivity contribution < 1.29 is 0 Å². The molecular formula is C13H16BrN. The Morgan fingerprint density at radius 2 is 1.80 bits per heavy atom. The normalized spacial score (nSPS) is 22.2. The molecule has 0 amide bonds. The highest BCUT2D eigenvalue weighted by Crippen LogP contribution is 2.43. The van der Waals surface area contributed by atoms with Gasteiger partial charge in [-0.15, -0.1) is 0 Å². The molecule has 80 valence electrons. The first-order valence-electron chi connectivity index (χ1n) is 6.00. The van der Waals surface area contributed by atoms with Crippen molar-refractivity contribution in [3.63, 3.8) is 0 Å². The maximum atomic E-state index is 4.64. The first-order valence-corrected chi connectivity index (χ1v) is 6.79. The van der Waals surface area contributed by atoms with E-state index in [2.05, 4.69) is 33.2 Å². The van der Waals surface area contributed by atoms with Crippen LogP contribution in [-0.2, 0) is 0 Å². The lowest BCUT2D eigenvalue weighted by Gasteiger charge is -2.11. The molecule has 1 aromatic rings. The highest BCUT2D eigenvalue weighted by molar-refractivity contribution is 9.10. The van der Waals surface area contributed by atoms with Crippen molar-refractivity contribution in [3.05, 3.63) is 28.0 Å². The Morgan fingerprint density at radius 3 is 2.40 bits per heavy atom. The van der Waals surface area contributed by atoms with E-state index in [1.54, 1.807) is 0 Å². The van der Waals surface area contributed by atoms with Crippen LogP contribution in [0.1, 0.15) is 61.6 Å². The fraction of sp³-hybridized carbons (Fsp3) is 0.615. The molecule has 0 atom stereocenters. The molecule has 1 heterocycles. The van der Waals surface area contributed by atoms with Gasteiger partial charge in [-0.25, -0.2) is 0 Å². The molecule has 1 aromatic heterocycles. The molecule has 0 saturated heterocycles. The molecule has 0 bridgehead atoms. The molecule has 2 fully saturated rings. The molecule has 0 aliphatic heterocycles. The Labute approximate surface area is 99.4 Å². The van der Waals surface area contributed by atoms with Gasteiger partial charge in [0.25, 0.3) is 0 Å². The number of pyridine rings is 1. The van der Waals surface area contributed by atoms with E-state index in [-0.39, 0.29) is 0 Å². The van der Waals surface area contributed by atoms with Crippen LogP contribution in [-0.4, -0.2) is 4.98 Å². The highest BCUT2D eigenvalue weighted by Gasteiger charge is 2.27. The van der Waals surface area contributed by atoms with E-state index in [4.69, 9.17) is 0 Å². The van der Waals surface area contributed by atoms with E-state index in [0.29, 0.717) is 0 Å². The summed E-state index contributed by atoms with van der Waals surface area (Å²) in [6.07, 6.45) is 10.3. The fourth-order valence-corrected chi connectivity index (χ4v) is 3.29. The summed E-state index contributed by atoms with van der Waals surface area (Å²) in [5, 5.41) is 0. The third-order valence-electron chi connectivity index (χ3n) is 3.68. The summed E-state index contributed by atoms with van der Waals surface area (Å²) >= 11 is 3.67. The van der Waals surface area contributed by atoms with Gasteiger partial charge in [-0.1, -0.05) is 12.8 Å². The van der Waals surface area contributed by atoms with Gasteiger partial charge in [-0.05, 0) is 59.2 Å². The van der Waals surface area contributed by atoms with Crippen LogP contribution in [0.4, 0.5) is 0 Å². The van der Waals surface area contributed by atoms with Crippen molar-refractivity contribution in [1.29, 1.82) is 0 Å². The van der Waals surface area contributed by atoms with Gasteiger partial charge in [-0.3, -0.25) is 4.98 Å². The molecule has 15 heavy (non-hydrogen) atoms. The molecule has 0 spiro atoms. The summed E-state index contributed by atoms with van der Waals surface area (Å²) in [5.41, 5.74) is 2.74. The Bertz CT molecular complexity index is 365. The molecular weight excluding hydrogens is 250 g/mol. The second kappa shape index (κ2) is 3.89. The Balaban J connectivity index is 1.87. The second-order valence-corrected chi connectivity index (χ2v) is 5.75. The van der Waals surface area contributed by atoms with Crippen LogP contribution in [0, 0.1) is 0 Å². The zero-order chi connectivity index (χ0) is 10.3. The number of rotatable bonds is 2. The summed E-state index contributed by atoms with van der Waals surface area (Å²) in [6, 6.07) is 2.32. The monoisotopic (exact) mass is 265 g/mol. The van der Waals surface area contributed by atoms with Gasteiger partial charge in [0.2, 0.25) is 0 Å². The van der Waals surface area contributed by atoms with Crippen molar-refractivity contribution in [2.24, 2.45) is 0 Å². The number of nitrogens with zero attached hydrogens (tertiary/aromatic N) is 1. The molecule has 3 rings (SSSR count). The molecule has 1 nitrogen and oxygen atoms in total. The molecule has 0 unspecified atom stereocenters. The quantitative estimate of drug-likeness (QED) is 0.774. The van der Waals surface area contributed by atoms with E-state index in [9.17, 15) is 0 Å². The van der Waals surface area contributed by atoms with Crippen molar-refractivity contribution in [3.8, 4) is 0 Å². The van der Waals surface area contributed by atoms with Crippen LogP contribution < -0.4 is 0 Å². The maximum Gasteiger partial charge on any atom is 0.0576 e. The summed E-state index contributed by atoms with van der Waals surface area (Å²) < 4.78 is 1.24. The Hall–Kier alpha value is -0.370. The van der Waals surface area contributed by atoms with E-state index in [0.717, 1.165) is 11.8 Å². The van der Waals surface area contributed by atoms with Crippen molar-refractivity contribution in [2.75, 3.05) is 0 Å². The molecule has 0 aromatic carbocycles. The average Bonchev–Trinajstić information content (AvgIpc) is 2.93. The van der Waals surface area contributed by atoms with Gasteiger partial charge >= 0.3 is 0 Å². The second-order valence-electron chi connectivity index (χ2n) is 4.89. The van der Waals surface area contributed by atoms with Crippen molar-refractivity contribution in [1.82, 2.24) is 4.98 Å². The van der Waals surface area contributed by atoms with Crippen molar-refractivity contribution >= 4 is 15.9 Å². The fourth-order valence-electron chi connectivity index (χ4n) is 2.60. The zero-order valence-corrected chi connectivity index (χ0v) is 10.5. The number of halogens is 1. The zero-order valence-electron chi connectivity index (χ0n) is 8.88. The summed E-state index contributed by atoms with van der Waals surface area (Å²) in [7, 11) is 0. The van der Waals surface area contributed by atoms with Crippen LogP contribution in [0.15, 0.2) is 16.7 Å². The predicted octanol–water partition coefficient (Wildman–Crippen LogP) is 4.38. The standard InChI is InChI=1S/C13H16BrN/c14-12-7-11(9-3-1-2-4-9)8-15-13(12)10-5-6-10/h7-10H,1-6H2. The molecule has 2 aliphatic rings. The molecule has 2 saturated carbocycles. The van der Waals surface area contributed by atoms with Crippen LogP contribution in [0.2, 0.25) is 0 Å². The third kappa shape index (κ3) is 1.96. The highest BCUT2D eigenvalue weighted by atomic mass is 79.9. The Kier molecular flexibility index (Phi) is 2.55. The maximum absolute atomic E-state index is 4.64. The van der Waals surface area contributed by atoms with Gasteiger partial charge in [0.1, 0.15) is 0 Å². The Morgan fingerprint density at radius 1 is 1.07 bits per heavy atom. The van der Waals surface area contributed by atoms with Crippen LogP contribution in [0.5, 0.6) is 0 Å². The van der Waals surface area contributed by atoms with Gasteiger partial charge in [0, 0.05) is 16.6 Å². The first-order chi connectivity index (χ1) is 7.34. The molecule has 2 heteroatoms. The number of aromatic nitrogens is 1. The van der Waals surface area contributed by atoms with Crippen LogP contribution in [0.25, 0.3) is 0 Å². The summed E-state index contributed by atoms with van der Waals surface area (Å²) in [4.78, 5) is 4.64. The summed E-state index contributed by atoms with van der Waals surface area (Å²) in [5.74, 6) is 1.53. The summed E-state index contributed by atoms with van der Waals surface area (Å²) in [6.45, 7) is 0. The SMILES string of the molecule is Brc1cc(C2CCCC2)cnc1C1CC1. The largest absolute Gasteiger partial charge is 0.260 e. The number of hydrogen-bond acceptors (Lipinski definition) is 1. The first kappa shape index (κ1) is 9.83. The van der Waals surface area contributed by atoms with Gasteiger partial charge in [0.15, 0.2) is 0 Å². The van der Waals surface area contributed by atoms with E-state index in [1.807, 2.05) is 0 Å². The van der Waals surface area contributed by atoms with E-state index in [1.165, 1.54) is 54.3 Å². The lowest BCUT2D eigenvalue weighted by atomic mass is 9.99. The third-order valence-corrected chi connectivity index (χ3v) is 4.32.